The Morgan fingerprint density at radius 1 is 1.32 bits per heavy atom. The standard InChI is InChI=1S/C17H16N4O/c1-13-5-2-3-7-16(13)21-17(22)15(9-18)12-20-11-14-6-4-8-19-10-14/h2-8,10,12,20H,11H2,1H3,(H,21,22)/b15-12-. The molecule has 0 aliphatic heterocycles. The average molecular weight is 292 g/mol. The van der Waals surface area contributed by atoms with Crippen molar-refractivity contribution in [2.45, 2.75) is 13.5 Å². The number of nitriles is 1. The molecule has 1 heterocycles. The zero-order chi connectivity index (χ0) is 15.8. The highest BCUT2D eigenvalue weighted by molar-refractivity contribution is 6.06. The lowest BCUT2D eigenvalue weighted by atomic mass is 10.2. The molecule has 110 valence electrons. The first-order valence-corrected chi connectivity index (χ1v) is 6.80. The highest BCUT2D eigenvalue weighted by Gasteiger charge is 2.10. The number of benzene rings is 1. The summed E-state index contributed by atoms with van der Waals surface area (Å²) in [5, 5.41) is 14.8. The molecular weight excluding hydrogens is 276 g/mol. The molecule has 0 aliphatic rings. The van der Waals surface area contributed by atoms with Crippen LogP contribution in [0.1, 0.15) is 11.1 Å². The number of aryl methyl sites for hydroxylation is 1. The highest BCUT2D eigenvalue weighted by Crippen LogP contribution is 2.14. The number of pyridine rings is 1. The number of amides is 1. The third-order valence-electron chi connectivity index (χ3n) is 3.03. The second-order valence-electron chi connectivity index (χ2n) is 4.68. The van der Waals surface area contributed by atoms with Gasteiger partial charge in [-0.25, -0.2) is 0 Å². The average Bonchev–Trinajstić information content (AvgIpc) is 2.54. The van der Waals surface area contributed by atoms with Gasteiger partial charge in [0.25, 0.3) is 5.91 Å². The van der Waals surface area contributed by atoms with Gasteiger partial charge in [0.1, 0.15) is 11.6 Å². The smallest absolute Gasteiger partial charge is 0.267 e. The van der Waals surface area contributed by atoms with Crippen LogP contribution in [0, 0.1) is 18.3 Å². The van der Waals surface area contributed by atoms with E-state index in [-0.39, 0.29) is 5.57 Å². The van der Waals surface area contributed by atoms with E-state index >= 15 is 0 Å². The van der Waals surface area contributed by atoms with Crippen molar-refractivity contribution in [2.24, 2.45) is 0 Å². The minimum Gasteiger partial charge on any atom is -0.386 e. The Hall–Kier alpha value is -3.13. The van der Waals surface area contributed by atoms with Crippen molar-refractivity contribution in [3.05, 3.63) is 71.7 Å². The number of anilines is 1. The number of hydrogen-bond donors (Lipinski definition) is 2. The van der Waals surface area contributed by atoms with Crippen molar-refractivity contribution in [1.82, 2.24) is 10.3 Å². The SMILES string of the molecule is Cc1ccccc1NC(=O)/C(C#N)=C\NCc1cccnc1. The van der Waals surface area contributed by atoms with Gasteiger partial charge in [-0.2, -0.15) is 5.26 Å². The number of carbonyl (C=O) groups is 1. The number of nitrogens with one attached hydrogen (secondary N) is 2. The van der Waals surface area contributed by atoms with E-state index in [4.69, 9.17) is 5.26 Å². The van der Waals surface area contributed by atoms with E-state index < -0.39 is 5.91 Å². The van der Waals surface area contributed by atoms with Crippen LogP contribution in [-0.2, 0) is 11.3 Å². The van der Waals surface area contributed by atoms with Crippen LogP contribution in [0.5, 0.6) is 0 Å². The molecule has 0 saturated carbocycles. The largest absolute Gasteiger partial charge is 0.386 e. The zero-order valence-electron chi connectivity index (χ0n) is 12.2. The minimum atomic E-state index is -0.435. The van der Waals surface area contributed by atoms with Crippen molar-refractivity contribution in [2.75, 3.05) is 5.32 Å². The van der Waals surface area contributed by atoms with Gasteiger partial charge in [-0.1, -0.05) is 24.3 Å². The Kier molecular flexibility index (Phi) is 5.27. The third kappa shape index (κ3) is 4.18. The zero-order valence-corrected chi connectivity index (χ0v) is 12.2. The van der Waals surface area contributed by atoms with E-state index in [0.29, 0.717) is 12.2 Å². The molecule has 22 heavy (non-hydrogen) atoms. The molecular formula is C17H16N4O. The van der Waals surface area contributed by atoms with Crippen LogP contribution in [0.3, 0.4) is 0 Å². The molecule has 0 saturated heterocycles. The lowest BCUT2D eigenvalue weighted by Gasteiger charge is -2.07. The summed E-state index contributed by atoms with van der Waals surface area (Å²) in [6.07, 6.45) is 4.83. The van der Waals surface area contributed by atoms with Crippen molar-refractivity contribution in [3.8, 4) is 6.07 Å². The fraction of sp³-hybridized carbons (Fsp3) is 0.118. The van der Waals surface area contributed by atoms with Crippen LogP contribution < -0.4 is 10.6 Å². The second-order valence-corrected chi connectivity index (χ2v) is 4.68. The van der Waals surface area contributed by atoms with Gasteiger partial charge < -0.3 is 10.6 Å². The van der Waals surface area contributed by atoms with E-state index in [1.165, 1.54) is 6.20 Å². The molecule has 0 radical (unpaired) electrons. The second kappa shape index (κ2) is 7.60. The molecule has 0 bridgehead atoms. The number of para-hydroxylation sites is 1. The molecule has 0 aliphatic carbocycles. The summed E-state index contributed by atoms with van der Waals surface area (Å²) in [5.74, 6) is -0.435. The maximum absolute atomic E-state index is 12.1. The van der Waals surface area contributed by atoms with Gasteiger partial charge in [-0.3, -0.25) is 9.78 Å². The van der Waals surface area contributed by atoms with Gasteiger partial charge in [0.2, 0.25) is 0 Å². The molecule has 0 atom stereocenters. The van der Waals surface area contributed by atoms with Gasteiger partial charge >= 0.3 is 0 Å². The normalized spacial score (nSPS) is 10.6. The van der Waals surface area contributed by atoms with E-state index in [1.807, 2.05) is 43.3 Å². The number of hydrogen-bond acceptors (Lipinski definition) is 4. The van der Waals surface area contributed by atoms with Crippen molar-refractivity contribution in [1.29, 1.82) is 5.26 Å². The van der Waals surface area contributed by atoms with Gasteiger partial charge in [0.05, 0.1) is 0 Å². The van der Waals surface area contributed by atoms with Gasteiger partial charge in [0.15, 0.2) is 0 Å². The summed E-state index contributed by atoms with van der Waals surface area (Å²) in [7, 11) is 0. The van der Waals surface area contributed by atoms with Crippen LogP contribution >= 0.6 is 0 Å². The molecule has 0 unspecified atom stereocenters. The molecule has 1 amide bonds. The molecule has 5 nitrogen and oxygen atoms in total. The van der Waals surface area contributed by atoms with Crippen LogP contribution in [0.4, 0.5) is 5.69 Å². The maximum atomic E-state index is 12.1. The Morgan fingerprint density at radius 3 is 2.82 bits per heavy atom. The van der Waals surface area contributed by atoms with Crippen molar-refractivity contribution in [3.63, 3.8) is 0 Å². The summed E-state index contributed by atoms with van der Waals surface area (Å²) in [6.45, 7) is 2.39. The summed E-state index contributed by atoms with van der Waals surface area (Å²) < 4.78 is 0. The number of carbonyl (C=O) groups excluding carboxylic acids is 1. The first-order chi connectivity index (χ1) is 10.7. The Balaban J connectivity index is 1.99. The monoisotopic (exact) mass is 292 g/mol. The van der Waals surface area contributed by atoms with E-state index in [0.717, 1.165) is 11.1 Å². The molecule has 2 N–H and O–H groups in total. The Bertz CT molecular complexity index is 717. The van der Waals surface area contributed by atoms with E-state index in [9.17, 15) is 4.79 Å². The number of aromatic nitrogens is 1. The van der Waals surface area contributed by atoms with Crippen LogP contribution in [0.25, 0.3) is 0 Å². The summed E-state index contributed by atoms with van der Waals surface area (Å²) >= 11 is 0. The Morgan fingerprint density at radius 2 is 2.14 bits per heavy atom. The van der Waals surface area contributed by atoms with Gasteiger partial charge in [-0.05, 0) is 30.2 Å². The predicted molar refractivity (Wildman–Crippen MR) is 84.6 cm³/mol. The molecule has 5 heteroatoms. The van der Waals surface area contributed by atoms with Crippen LogP contribution in [0.15, 0.2) is 60.6 Å². The molecule has 1 aromatic carbocycles. The summed E-state index contributed by atoms with van der Waals surface area (Å²) in [5.41, 5.74) is 2.62. The minimum absolute atomic E-state index is 0.0205. The maximum Gasteiger partial charge on any atom is 0.267 e. The molecule has 0 fully saturated rings. The topological polar surface area (TPSA) is 77.8 Å². The molecule has 2 rings (SSSR count). The van der Waals surface area contributed by atoms with Crippen LogP contribution in [-0.4, -0.2) is 10.9 Å². The summed E-state index contributed by atoms with van der Waals surface area (Å²) in [4.78, 5) is 16.1. The third-order valence-corrected chi connectivity index (χ3v) is 3.03. The fourth-order valence-corrected chi connectivity index (χ4v) is 1.83. The molecule has 2 aromatic rings. The van der Waals surface area contributed by atoms with Crippen LogP contribution in [0.2, 0.25) is 0 Å². The number of rotatable bonds is 5. The van der Waals surface area contributed by atoms with Crippen molar-refractivity contribution < 1.29 is 4.79 Å². The highest BCUT2D eigenvalue weighted by atomic mass is 16.1. The van der Waals surface area contributed by atoms with Crippen molar-refractivity contribution >= 4 is 11.6 Å². The van der Waals surface area contributed by atoms with E-state index in [1.54, 1.807) is 18.5 Å². The summed E-state index contributed by atoms with van der Waals surface area (Å²) in [6, 6.07) is 13.1. The predicted octanol–water partition coefficient (Wildman–Crippen LogP) is 2.53. The number of nitrogens with zero attached hydrogens (tertiary/aromatic N) is 2. The lowest BCUT2D eigenvalue weighted by molar-refractivity contribution is -0.112. The molecule has 0 spiro atoms. The van der Waals surface area contributed by atoms with Gasteiger partial charge in [-0.15, -0.1) is 0 Å². The lowest BCUT2D eigenvalue weighted by Crippen LogP contribution is -2.17. The quantitative estimate of drug-likeness (QED) is 0.655. The first-order valence-electron chi connectivity index (χ1n) is 6.80. The molecule has 1 aromatic heterocycles. The van der Waals surface area contributed by atoms with E-state index in [2.05, 4.69) is 15.6 Å². The first kappa shape index (κ1) is 15.3. The van der Waals surface area contributed by atoms with Gasteiger partial charge in [0, 0.05) is 30.8 Å². The fourth-order valence-electron chi connectivity index (χ4n) is 1.83. The Labute approximate surface area is 129 Å².